The van der Waals surface area contributed by atoms with Crippen LogP contribution in [-0.4, -0.2) is 27.8 Å². The molecule has 2 unspecified atom stereocenters. The fourth-order valence-corrected chi connectivity index (χ4v) is 1.49. The minimum Gasteiger partial charge on any atom is -0.390 e. The molecular formula is C10H11F3N4O2. The molecule has 0 aliphatic heterocycles. The molecule has 9 heteroatoms. The Bertz CT molecular complexity index is 474. The summed E-state index contributed by atoms with van der Waals surface area (Å²) in [6.07, 6.45) is -7.15. The van der Waals surface area contributed by atoms with E-state index in [9.17, 15) is 23.4 Å². The number of halogens is 3. The zero-order valence-electron chi connectivity index (χ0n) is 9.62. The van der Waals surface area contributed by atoms with Crippen LogP contribution in [0.3, 0.4) is 0 Å². The van der Waals surface area contributed by atoms with Gasteiger partial charge in [-0.05, 0) is 18.0 Å². The number of aliphatic hydroxyl groups is 2. The third-order valence-electron chi connectivity index (χ3n) is 2.38. The van der Waals surface area contributed by atoms with Crippen molar-refractivity contribution in [2.24, 2.45) is 5.11 Å². The van der Waals surface area contributed by atoms with Gasteiger partial charge in [-0.1, -0.05) is 11.2 Å². The molecule has 19 heavy (non-hydrogen) atoms. The summed E-state index contributed by atoms with van der Waals surface area (Å²) in [5.41, 5.74) is 6.29. The summed E-state index contributed by atoms with van der Waals surface area (Å²) in [6, 6.07) is 2.27. The summed E-state index contributed by atoms with van der Waals surface area (Å²) in [7, 11) is 0. The van der Waals surface area contributed by atoms with Crippen molar-refractivity contribution in [1.82, 2.24) is 4.98 Å². The topological polar surface area (TPSA) is 102 Å². The second-order valence-electron chi connectivity index (χ2n) is 3.69. The zero-order valence-corrected chi connectivity index (χ0v) is 9.62. The first-order valence-electron chi connectivity index (χ1n) is 5.27. The number of hydrogen-bond acceptors (Lipinski definition) is 4. The lowest BCUT2D eigenvalue weighted by Crippen LogP contribution is -2.23. The van der Waals surface area contributed by atoms with Crippen molar-refractivity contribution in [2.75, 3.05) is 6.54 Å². The van der Waals surface area contributed by atoms with Crippen molar-refractivity contribution in [3.63, 3.8) is 0 Å². The fourth-order valence-electron chi connectivity index (χ4n) is 1.49. The molecule has 0 spiro atoms. The maximum atomic E-state index is 12.7. The standard InChI is InChI=1S/C10H11F3N4O2/c11-10(12,13)9-6(2-1-4-15-9)8(19)7(18)3-5-16-17-14/h1-2,4,7-8,18-19H,3,5H2. The molecule has 0 fully saturated rings. The van der Waals surface area contributed by atoms with Crippen LogP contribution in [0, 0.1) is 0 Å². The molecule has 1 aromatic heterocycles. The molecular weight excluding hydrogens is 265 g/mol. The molecule has 0 aromatic carbocycles. The first kappa shape index (κ1) is 15.2. The van der Waals surface area contributed by atoms with E-state index in [4.69, 9.17) is 5.53 Å². The fraction of sp³-hybridized carbons (Fsp3) is 0.500. The Morgan fingerprint density at radius 3 is 2.68 bits per heavy atom. The van der Waals surface area contributed by atoms with E-state index in [2.05, 4.69) is 15.0 Å². The van der Waals surface area contributed by atoms with Crippen LogP contribution in [0.2, 0.25) is 0 Å². The SMILES string of the molecule is [N-]=[N+]=NCCC(O)C(O)c1cccnc1C(F)(F)F. The van der Waals surface area contributed by atoms with Crippen molar-refractivity contribution in [1.29, 1.82) is 0 Å². The van der Waals surface area contributed by atoms with Gasteiger partial charge in [0.15, 0.2) is 0 Å². The predicted octanol–water partition coefficient (Wildman–Crippen LogP) is 2.20. The van der Waals surface area contributed by atoms with Gasteiger partial charge in [-0.2, -0.15) is 13.2 Å². The first-order chi connectivity index (χ1) is 8.88. The van der Waals surface area contributed by atoms with E-state index >= 15 is 0 Å². The van der Waals surface area contributed by atoms with E-state index < -0.39 is 29.6 Å². The predicted molar refractivity (Wildman–Crippen MR) is 58.8 cm³/mol. The van der Waals surface area contributed by atoms with Crippen LogP contribution in [0.15, 0.2) is 23.4 Å². The number of pyridine rings is 1. The maximum absolute atomic E-state index is 12.7. The Hall–Kier alpha value is -1.83. The summed E-state index contributed by atoms with van der Waals surface area (Å²) in [4.78, 5) is 5.61. The number of nitrogens with zero attached hydrogens (tertiary/aromatic N) is 4. The van der Waals surface area contributed by atoms with E-state index in [1.807, 2.05) is 0 Å². The molecule has 0 aliphatic carbocycles. The van der Waals surface area contributed by atoms with Gasteiger partial charge in [0.2, 0.25) is 0 Å². The Labute approximate surface area is 106 Å². The van der Waals surface area contributed by atoms with Crippen LogP contribution in [0.25, 0.3) is 10.4 Å². The van der Waals surface area contributed by atoms with Gasteiger partial charge in [0.05, 0.1) is 6.10 Å². The van der Waals surface area contributed by atoms with E-state index in [-0.39, 0.29) is 13.0 Å². The quantitative estimate of drug-likeness (QED) is 0.489. The summed E-state index contributed by atoms with van der Waals surface area (Å²) < 4.78 is 38.0. The molecule has 1 heterocycles. The second kappa shape index (κ2) is 6.37. The van der Waals surface area contributed by atoms with Gasteiger partial charge < -0.3 is 10.2 Å². The highest BCUT2D eigenvalue weighted by Gasteiger charge is 2.37. The second-order valence-corrected chi connectivity index (χ2v) is 3.69. The van der Waals surface area contributed by atoms with Gasteiger partial charge in [0, 0.05) is 23.2 Å². The largest absolute Gasteiger partial charge is 0.433 e. The maximum Gasteiger partial charge on any atom is 0.433 e. The lowest BCUT2D eigenvalue weighted by atomic mass is 10.0. The third kappa shape index (κ3) is 4.09. The Kier molecular flexibility index (Phi) is 5.11. The highest BCUT2D eigenvalue weighted by atomic mass is 19.4. The summed E-state index contributed by atoms with van der Waals surface area (Å²) in [5, 5.41) is 22.4. The van der Waals surface area contributed by atoms with Crippen LogP contribution < -0.4 is 0 Å². The Morgan fingerprint density at radius 1 is 1.42 bits per heavy atom. The van der Waals surface area contributed by atoms with E-state index in [1.54, 1.807) is 0 Å². The van der Waals surface area contributed by atoms with Crippen LogP contribution >= 0.6 is 0 Å². The van der Waals surface area contributed by atoms with Crippen LogP contribution in [0.5, 0.6) is 0 Å². The van der Waals surface area contributed by atoms with Crippen molar-refractivity contribution in [3.05, 3.63) is 40.0 Å². The number of azide groups is 1. The van der Waals surface area contributed by atoms with Crippen LogP contribution in [0.4, 0.5) is 13.2 Å². The lowest BCUT2D eigenvalue weighted by molar-refractivity contribution is -0.143. The average Bonchev–Trinajstić information content (AvgIpc) is 2.37. The van der Waals surface area contributed by atoms with Crippen molar-refractivity contribution in [2.45, 2.75) is 24.8 Å². The Balaban J connectivity index is 2.93. The minimum atomic E-state index is -4.72. The van der Waals surface area contributed by atoms with Crippen molar-refractivity contribution < 1.29 is 23.4 Å². The molecule has 1 aromatic rings. The molecule has 2 N–H and O–H groups in total. The van der Waals surface area contributed by atoms with Crippen LogP contribution in [0.1, 0.15) is 23.8 Å². The minimum absolute atomic E-state index is 0.129. The molecule has 2 atom stereocenters. The van der Waals surface area contributed by atoms with Crippen molar-refractivity contribution >= 4 is 0 Å². The summed E-state index contributed by atoms with van der Waals surface area (Å²) in [5.74, 6) is 0. The molecule has 0 bridgehead atoms. The molecule has 0 amide bonds. The number of alkyl halides is 3. The van der Waals surface area contributed by atoms with E-state index in [1.165, 1.54) is 6.07 Å². The van der Waals surface area contributed by atoms with Gasteiger partial charge in [0.1, 0.15) is 11.8 Å². The lowest BCUT2D eigenvalue weighted by Gasteiger charge is -2.20. The van der Waals surface area contributed by atoms with E-state index in [0.29, 0.717) is 0 Å². The molecule has 104 valence electrons. The van der Waals surface area contributed by atoms with E-state index in [0.717, 1.165) is 12.3 Å². The third-order valence-corrected chi connectivity index (χ3v) is 2.38. The normalized spacial score (nSPS) is 14.6. The molecule has 0 aliphatic rings. The Morgan fingerprint density at radius 2 is 2.11 bits per heavy atom. The number of aliphatic hydroxyl groups excluding tert-OH is 2. The van der Waals surface area contributed by atoms with Crippen molar-refractivity contribution in [3.8, 4) is 0 Å². The monoisotopic (exact) mass is 276 g/mol. The summed E-state index contributed by atoms with van der Waals surface area (Å²) in [6.45, 7) is -0.129. The highest BCUT2D eigenvalue weighted by Crippen LogP contribution is 2.34. The van der Waals surface area contributed by atoms with Gasteiger partial charge >= 0.3 is 6.18 Å². The molecule has 0 saturated heterocycles. The van der Waals surface area contributed by atoms with Crippen LogP contribution in [-0.2, 0) is 6.18 Å². The van der Waals surface area contributed by atoms with Gasteiger partial charge in [-0.3, -0.25) is 4.98 Å². The smallest absolute Gasteiger partial charge is 0.390 e. The number of rotatable bonds is 5. The van der Waals surface area contributed by atoms with Gasteiger partial charge in [0.25, 0.3) is 0 Å². The highest BCUT2D eigenvalue weighted by molar-refractivity contribution is 5.25. The number of hydrogen-bond donors (Lipinski definition) is 2. The molecule has 6 nitrogen and oxygen atoms in total. The van der Waals surface area contributed by atoms with Gasteiger partial charge in [-0.25, -0.2) is 0 Å². The summed E-state index contributed by atoms with van der Waals surface area (Å²) >= 11 is 0. The number of aromatic nitrogens is 1. The molecule has 0 radical (unpaired) electrons. The van der Waals surface area contributed by atoms with Gasteiger partial charge in [-0.15, -0.1) is 0 Å². The zero-order chi connectivity index (χ0) is 14.5. The average molecular weight is 276 g/mol. The molecule has 0 saturated carbocycles. The molecule has 1 rings (SSSR count). The first-order valence-corrected chi connectivity index (χ1v) is 5.27.